The minimum absolute atomic E-state index is 0.286. The number of benzene rings is 1. The lowest BCUT2D eigenvalue weighted by molar-refractivity contribution is 0.00535. The Bertz CT molecular complexity index is 532. The van der Waals surface area contributed by atoms with Crippen LogP contribution in [0.3, 0.4) is 0 Å². The van der Waals surface area contributed by atoms with E-state index in [4.69, 9.17) is 0 Å². The summed E-state index contributed by atoms with van der Waals surface area (Å²) in [7, 11) is 0. The van der Waals surface area contributed by atoms with Crippen LogP contribution < -0.4 is 5.32 Å². The van der Waals surface area contributed by atoms with Gasteiger partial charge in [-0.2, -0.15) is 0 Å². The fourth-order valence-electron chi connectivity index (χ4n) is 2.27. The Kier molecular flexibility index (Phi) is 5.15. The summed E-state index contributed by atoms with van der Waals surface area (Å²) in [5, 5.41) is 13.7. The van der Waals surface area contributed by atoms with Gasteiger partial charge in [0.15, 0.2) is 0 Å². The molecule has 0 aliphatic heterocycles. The van der Waals surface area contributed by atoms with Crippen LogP contribution >= 0.6 is 0 Å². The number of nitrogens with one attached hydrogen (secondary N) is 1. The highest BCUT2D eigenvalue weighted by atomic mass is 16.3. The Labute approximate surface area is 126 Å². The predicted octanol–water partition coefficient (Wildman–Crippen LogP) is 2.76. The van der Waals surface area contributed by atoms with Gasteiger partial charge in [-0.05, 0) is 30.5 Å². The normalized spacial score (nSPS) is 15.6. The zero-order valence-electron chi connectivity index (χ0n) is 13.1. The molecule has 0 amide bonds. The van der Waals surface area contributed by atoms with Crippen LogP contribution in [0.4, 0.5) is 0 Å². The van der Waals surface area contributed by atoms with Crippen molar-refractivity contribution in [1.82, 2.24) is 14.9 Å². The van der Waals surface area contributed by atoms with E-state index < -0.39 is 5.60 Å². The number of nitrogens with zero attached hydrogens (tertiary/aromatic N) is 2. The summed E-state index contributed by atoms with van der Waals surface area (Å²) >= 11 is 0. The van der Waals surface area contributed by atoms with Crippen molar-refractivity contribution in [2.24, 2.45) is 5.92 Å². The molecule has 21 heavy (non-hydrogen) atoms. The van der Waals surface area contributed by atoms with E-state index in [1.165, 1.54) is 5.56 Å². The van der Waals surface area contributed by atoms with Crippen LogP contribution in [-0.2, 0) is 6.54 Å². The van der Waals surface area contributed by atoms with Gasteiger partial charge >= 0.3 is 0 Å². The first-order chi connectivity index (χ1) is 10.0. The molecule has 2 atom stereocenters. The molecule has 2 unspecified atom stereocenters. The van der Waals surface area contributed by atoms with Crippen molar-refractivity contribution in [3.63, 3.8) is 0 Å². The molecule has 2 N–H and O–H groups in total. The van der Waals surface area contributed by atoms with Crippen LogP contribution in [0.25, 0.3) is 5.69 Å². The first kappa shape index (κ1) is 15.7. The lowest BCUT2D eigenvalue weighted by Gasteiger charge is -2.30. The number of rotatable bonds is 7. The summed E-state index contributed by atoms with van der Waals surface area (Å²) in [6, 6.07) is 8.34. The largest absolute Gasteiger partial charge is 0.389 e. The maximum atomic E-state index is 10.4. The topological polar surface area (TPSA) is 50.1 Å². The molecule has 0 radical (unpaired) electrons. The molecule has 1 heterocycles. The van der Waals surface area contributed by atoms with E-state index in [0.29, 0.717) is 6.54 Å². The summed E-state index contributed by atoms with van der Waals surface area (Å²) in [4.78, 5) is 4.04. The van der Waals surface area contributed by atoms with E-state index in [0.717, 1.165) is 18.7 Å². The summed E-state index contributed by atoms with van der Waals surface area (Å²) in [5.41, 5.74) is 1.65. The fraction of sp³-hybridized carbons (Fsp3) is 0.471. The molecule has 2 aromatic rings. The lowest BCUT2D eigenvalue weighted by Crippen LogP contribution is -2.42. The second kappa shape index (κ2) is 6.87. The third kappa shape index (κ3) is 4.16. The van der Waals surface area contributed by atoms with Gasteiger partial charge in [0.2, 0.25) is 0 Å². The molecular formula is C17H25N3O. The van der Waals surface area contributed by atoms with Gasteiger partial charge in [-0.15, -0.1) is 0 Å². The zero-order chi connectivity index (χ0) is 15.3. The van der Waals surface area contributed by atoms with Gasteiger partial charge in [-0.3, -0.25) is 0 Å². The highest BCUT2D eigenvalue weighted by Gasteiger charge is 2.26. The highest BCUT2D eigenvalue weighted by Crippen LogP contribution is 2.19. The van der Waals surface area contributed by atoms with E-state index in [1.54, 1.807) is 12.5 Å². The van der Waals surface area contributed by atoms with Gasteiger partial charge in [0, 0.05) is 31.2 Å². The molecule has 4 heteroatoms. The molecule has 0 aliphatic carbocycles. The minimum Gasteiger partial charge on any atom is -0.389 e. The number of imidazole rings is 1. The standard InChI is InChI=1S/C17H25N3O/c1-4-14(2)17(3,21)12-19-11-15-5-7-16(8-6-15)20-10-9-18-13-20/h5-10,13-14,19,21H,4,11-12H2,1-3H3. The molecule has 0 spiro atoms. The molecule has 1 aromatic heterocycles. The number of aromatic nitrogens is 2. The Morgan fingerprint density at radius 3 is 2.62 bits per heavy atom. The highest BCUT2D eigenvalue weighted by molar-refractivity contribution is 5.34. The number of hydrogen-bond acceptors (Lipinski definition) is 3. The van der Waals surface area contributed by atoms with Gasteiger partial charge in [-0.1, -0.05) is 32.4 Å². The van der Waals surface area contributed by atoms with E-state index in [9.17, 15) is 5.11 Å². The molecule has 0 saturated heterocycles. The van der Waals surface area contributed by atoms with Gasteiger partial charge in [-0.25, -0.2) is 4.98 Å². The molecular weight excluding hydrogens is 262 g/mol. The average Bonchev–Trinajstić information content (AvgIpc) is 3.01. The molecule has 0 bridgehead atoms. The molecule has 1 aromatic carbocycles. The van der Waals surface area contributed by atoms with E-state index in [-0.39, 0.29) is 5.92 Å². The van der Waals surface area contributed by atoms with Crippen LogP contribution in [0.5, 0.6) is 0 Å². The molecule has 0 saturated carbocycles. The zero-order valence-corrected chi connectivity index (χ0v) is 13.1. The predicted molar refractivity (Wildman–Crippen MR) is 85.3 cm³/mol. The summed E-state index contributed by atoms with van der Waals surface area (Å²) < 4.78 is 1.98. The van der Waals surface area contributed by atoms with Crippen molar-refractivity contribution in [2.75, 3.05) is 6.54 Å². The van der Waals surface area contributed by atoms with Crippen molar-refractivity contribution in [1.29, 1.82) is 0 Å². The molecule has 2 rings (SSSR count). The summed E-state index contributed by atoms with van der Waals surface area (Å²) in [6.45, 7) is 7.45. The van der Waals surface area contributed by atoms with Gasteiger partial charge < -0.3 is 15.0 Å². The summed E-state index contributed by atoms with van der Waals surface area (Å²) in [6.07, 6.45) is 6.47. The van der Waals surface area contributed by atoms with Crippen LogP contribution in [-0.4, -0.2) is 26.8 Å². The second-order valence-corrected chi connectivity index (χ2v) is 5.91. The van der Waals surface area contributed by atoms with Crippen molar-refractivity contribution in [2.45, 2.75) is 39.3 Å². The van der Waals surface area contributed by atoms with Gasteiger partial charge in [0.05, 0.1) is 11.9 Å². The van der Waals surface area contributed by atoms with E-state index >= 15 is 0 Å². The Morgan fingerprint density at radius 1 is 1.33 bits per heavy atom. The molecule has 0 aliphatic rings. The van der Waals surface area contributed by atoms with Crippen molar-refractivity contribution in [3.05, 3.63) is 48.5 Å². The quantitative estimate of drug-likeness (QED) is 0.823. The maximum Gasteiger partial charge on any atom is 0.0991 e. The molecule has 4 nitrogen and oxygen atoms in total. The Morgan fingerprint density at radius 2 is 2.05 bits per heavy atom. The number of hydrogen-bond donors (Lipinski definition) is 2. The first-order valence-corrected chi connectivity index (χ1v) is 7.53. The van der Waals surface area contributed by atoms with Crippen LogP contribution in [0.1, 0.15) is 32.8 Å². The molecule has 0 fully saturated rings. The third-order valence-corrected chi connectivity index (χ3v) is 4.22. The minimum atomic E-state index is -0.661. The third-order valence-electron chi connectivity index (χ3n) is 4.22. The smallest absolute Gasteiger partial charge is 0.0991 e. The van der Waals surface area contributed by atoms with Crippen LogP contribution in [0.15, 0.2) is 43.0 Å². The van der Waals surface area contributed by atoms with E-state index in [1.807, 2.05) is 17.7 Å². The van der Waals surface area contributed by atoms with Gasteiger partial charge in [0.25, 0.3) is 0 Å². The van der Waals surface area contributed by atoms with Gasteiger partial charge in [0.1, 0.15) is 0 Å². The molecule has 114 valence electrons. The maximum absolute atomic E-state index is 10.4. The number of aliphatic hydroxyl groups is 1. The Hall–Kier alpha value is -1.65. The van der Waals surface area contributed by atoms with Crippen molar-refractivity contribution >= 4 is 0 Å². The van der Waals surface area contributed by atoms with E-state index in [2.05, 4.69) is 48.4 Å². The first-order valence-electron chi connectivity index (χ1n) is 7.53. The Balaban J connectivity index is 1.87. The average molecular weight is 287 g/mol. The van der Waals surface area contributed by atoms with Crippen LogP contribution in [0, 0.1) is 5.92 Å². The lowest BCUT2D eigenvalue weighted by atomic mass is 9.88. The SMILES string of the molecule is CCC(C)C(C)(O)CNCc1ccc(-n2ccnc2)cc1. The van der Waals surface area contributed by atoms with Crippen molar-refractivity contribution in [3.8, 4) is 5.69 Å². The fourth-order valence-corrected chi connectivity index (χ4v) is 2.27. The monoisotopic (exact) mass is 287 g/mol. The van der Waals surface area contributed by atoms with Crippen molar-refractivity contribution < 1.29 is 5.11 Å². The second-order valence-electron chi connectivity index (χ2n) is 5.91. The van der Waals surface area contributed by atoms with Crippen LogP contribution in [0.2, 0.25) is 0 Å². The summed E-state index contributed by atoms with van der Waals surface area (Å²) in [5.74, 6) is 0.286.